The molecule has 1 aromatic heterocycles. The number of aromatic nitrogens is 2. The first kappa shape index (κ1) is 17.5. The van der Waals surface area contributed by atoms with Gasteiger partial charge < -0.3 is 0 Å². The molecule has 0 unspecified atom stereocenters. The quantitative estimate of drug-likeness (QED) is 0.776. The van der Waals surface area contributed by atoms with Crippen molar-refractivity contribution in [1.82, 2.24) is 9.78 Å². The zero-order valence-electron chi connectivity index (χ0n) is 12.1. The molecule has 0 atom stereocenters. The molecule has 1 aromatic rings. The smallest absolute Gasteiger partial charge is 0.264 e. The first-order chi connectivity index (χ1) is 8.77. The molecular formula is C11H19ClN2O4S2. The Kier molecular flexibility index (Phi) is 4.63. The number of rotatable bonds is 4. The molecule has 9 heteroatoms. The number of sulfone groups is 1. The maximum Gasteiger partial charge on any atom is 0.264 e. The van der Waals surface area contributed by atoms with Gasteiger partial charge in [-0.3, -0.25) is 4.68 Å². The molecule has 0 radical (unpaired) electrons. The molecule has 116 valence electrons. The van der Waals surface area contributed by atoms with Gasteiger partial charge in [0.25, 0.3) is 9.05 Å². The summed E-state index contributed by atoms with van der Waals surface area (Å²) in [5.74, 6) is -0.111. The molecule has 0 aliphatic heterocycles. The molecule has 0 bridgehead atoms. The molecule has 0 aromatic carbocycles. The standard InChI is InChI=1S/C11H19ClN2O4S2/c1-8-10(20(12,17)18)9(2)14(13-8)6-7-19(15,16)11(3,4)5/h6-7H2,1-5H3. The minimum atomic E-state index is -3.89. The summed E-state index contributed by atoms with van der Waals surface area (Å²) in [6.45, 7) is 8.04. The van der Waals surface area contributed by atoms with Gasteiger partial charge in [-0.05, 0) is 34.6 Å². The fraction of sp³-hybridized carbons (Fsp3) is 0.727. The summed E-state index contributed by atoms with van der Waals surface area (Å²) in [7, 11) is -1.84. The van der Waals surface area contributed by atoms with Gasteiger partial charge in [-0.2, -0.15) is 5.10 Å². The fourth-order valence-electron chi connectivity index (χ4n) is 1.76. The Morgan fingerprint density at radius 1 is 1.15 bits per heavy atom. The first-order valence-electron chi connectivity index (χ1n) is 5.98. The monoisotopic (exact) mass is 342 g/mol. The van der Waals surface area contributed by atoms with E-state index < -0.39 is 23.6 Å². The second-order valence-electron chi connectivity index (χ2n) is 5.59. The number of hydrogen-bond donors (Lipinski definition) is 0. The maximum atomic E-state index is 12.0. The van der Waals surface area contributed by atoms with Crippen molar-refractivity contribution in [1.29, 1.82) is 0 Å². The van der Waals surface area contributed by atoms with Crippen LogP contribution in [0.15, 0.2) is 4.90 Å². The number of nitrogens with zero attached hydrogens (tertiary/aromatic N) is 2. The van der Waals surface area contributed by atoms with Gasteiger partial charge in [0.05, 0.1) is 28.4 Å². The largest absolute Gasteiger partial charge is 0.267 e. The van der Waals surface area contributed by atoms with E-state index in [-0.39, 0.29) is 22.9 Å². The van der Waals surface area contributed by atoms with E-state index in [1.165, 1.54) is 11.6 Å². The van der Waals surface area contributed by atoms with Gasteiger partial charge in [0.1, 0.15) is 4.90 Å². The molecule has 0 saturated carbocycles. The van der Waals surface area contributed by atoms with Crippen LogP contribution in [-0.2, 0) is 25.4 Å². The van der Waals surface area contributed by atoms with Crippen molar-refractivity contribution in [2.75, 3.05) is 5.75 Å². The summed E-state index contributed by atoms with van der Waals surface area (Å²) in [5.41, 5.74) is 0.618. The normalized spacial score (nSPS) is 13.7. The molecule has 0 fully saturated rings. The van der Waals surface area contributed by atoms with Crippen LogP contribution in [0.25, 0.3) is 0 Å². The average molecular weight is 343 g/mol. The highest BCUT2D eigenvalue weighted by Crippen LogP contribution is 2.23. The van der Waals surface area contributed by atoms with Gasteiger partial charge >= 0.3 is 0 Å². The van der Waals surface area contributed by atoms with E-state index in [9.17, 15) is 16.8 Å². The second kappa shape index (κ2) is 5.31. The van der Waals surface area contributed by atoms with Crippen molar-refractivity contribution in [2.45, 2.75) is 50.8 Å². The Balaban J connectivity index is 3.10. The van der Waals surface area contributed by atoms with Crippen LogP contribution in [0.2, 0.25) is 0 Å². The van der Waals surface area contributed by atoms with Crippen molar-refractivity contribution < 1.29 is 16.8 Å². The molecule has 0 amide bonds. The lowest BCUT2D eigenvalue weighted by Gasteiger charge is -2.19. The van der Waals surface area contributed by atoms with Crippen LogP contribution in [0, 0.1) is 13.8 Å². The van der Waals surface area contributed by atoms with Crippen LogP contribution in [0.3, 0.4) is 0 Å². The van der Waals surface area contributed by atoms with E-state index >= 15 is 0 Å². The maximum absolute atomic E-state index is 12.0. The van der Waals surface area contributed by atoms with E-state index in [0.29, 0.717) is 5.69 Å². The summed E-state index contributed by atoms with van der Waals surface area (Å²) >= 11 is 0. The molecule has 0 N–H and O–H groups in total. The van der Waals surface area contributed by atoms with Crippen LogP contribution in [0.4, 0.5) is 0 Å². The van der Waals surface area contributed by atoms with Gasteiger partial charge in [0.15, 0.2) is 9.84 Å². The van der Waals surface area contributed by atoms with E-state index in [1.807, 2.05) is 0 Å². The topological polar surface area (TPSA) is 86.1 Å². The lowest BCUT2D eigenvalue weighted by atomic mass is 10.3. The van der Waals surface area contributed by atoms with Crippen LogP contribution in [0.5, 0.6) is 0 Å². The van der Waals surface area contributed by atoms with Gasteiger partial charge in [0.2, 0.25) is 0 Å². The molecule has 6 nitrogen and oxygen atoms in total. The van der Waals surface area contributed by atoms with Crippen LogP contribution >= 0.6 is 10.7 Å². The van der Waals surface area contributed by atoms with Crippen LogP contribution < -0.4 is 0 Å². The van der Waals surface area contributed by atoms with Crippen LogP contribution in [0.1, 0.15) is 32.2 Å². The molecule has 0 aliphatic rings. The lowest BCUT2D eigenvalue weighted by Crippen LogP contribution is -2.32. The van der Waals surface area contributed by atoms with Crippen molar-refractivity contribution in [3.63, 3.8) is 0 Å². The number of hydrogen-bond acceptors (Lipinski definition) is 5. The van der Waals surface area contributed by atoms with Crippen molar-refractivity contribution in [3.8, 4) is 0 Å². The number of halogens is 1. The zero-order chi connectivity index (χ0) is 15.9. The minimum Gasteiger partial charge on any atom is -0.267 e. The van der Waals surface area contributed by atoms with E-state index in [4.69, 9.17) is 10.7 Å². The summed E-state index contributed by atoms with van der Waals surface area (Å²) in [4.78, 5) is -0.0488. The predicted octanol–water partition coefficient (Wildman–Crippen LogP) is 1.64. The van der Waals surface area contributed by atoms with Gasteiger partial charge in [-0.1, -0.05) is 0 Å². The van der Waals surface area contributed by atoms with Crippen molar-refractivity contribution in [2.24, 2.45) is 0 Å². The van der Waals surface area contributed by atoms with Crippen LogP contribution in [-0.4, -0.2) is 37.1 Å². The van der Waals surface area contributed by atoms with E-state index in [2.05, 4.69) is 5.10 Å². The van der Waals surface area contributed by atoms with E-state index in [0.717, 1.165) is 0 Å². The molecule has 1 rings (SSSR count). The molecular weight excluding hydrogens is 324 g/mol. The zero-order valence-corrected chi connectivity index (χ0v) is 14.5. The minimum absolute atomic E-state index is 0.0488. The van der Waals surface area contributed by atoms with Gasteiger partial charge in [0, 0.05) is 10.7 Å². The highest BCUT2D eigenvalue weighted by atomic mass is 35.7. The Hall–Kier alpha value is -0.600. The Morgan fingerprint density at radius 3 is 2.00 bits per heavy atom. The summed E-state index contributed by atoms with van der Waals surface area (Å²) < 4.78 is 47.5. The average Bonchev–Trinajstić information content (AvgIpc) is 2.48. The summed E-state index contributed by atoms with van der Waals surface area (Å²) in [5, 5.41) is 4.05. The summed E-state index contributed by atoms with van der Waals surface area (Å²) in [6.07, 6.45) is 0. The Morgan fingerprint density at radius 2 is 1.65 bits per heavy atom. The first-order valence-corrected chi connectivity index (χ1v) is 9.94. The molecule has 20 heavy (non-hydrogen) atoms. The molecule has 0 spiro atoms. The molecule has 0 saturated heterocycles. The van der Waals surface area contributed by atoms with Gasteiger partial charge in [-0.25, -0.2) is 16.8 Å². The third kappa shape index (κ3) is 3.53. The molecule has 1 heterocycles. The Labute approximate surface area is 124 Å². The third-order valence-electron chi connectivity index (χ3n) is 3.06. The SMILES string of the molecule is Cc1nn(CCS(=O)(=O)C(C)(C)C)c(C)c1S(=O)(=O)Cl. The predicted molar refractivity (Wildman–Crippen MR) is 78.3 cm³/mol. The van der Waals surface area contributed by atoms with Gasteiger partial charge in [-0.15, -0.1) is 0 Å². The van der Waals surface area contributed by atoms with E-state index in [1.54, 1.807) is 27.7 Å². The highest BCUT2D eigenvalue weighted by molar-refractivity contribution is 8.13. The highest BCUT2D eigenvalue weighted by Gasteiger charge is 2.29. The molecule has 0 aliphatic carbocycles. The number of aryl methyl sites for hydroxylation is 2. The lowest BCUT2D eigenvalue weighted by molar-refractivity contribution is 0.545. The third-order valence-corrected chi connectivity index (χ3v) is 7.19. The summed E-state index contributed by atoms with van der Waals surface area (Å²) in [6, 6.07) is 0. The van der Waals surface area contributed by atoms with Crippen molar-refractivity contribution in [3.05, 3.63) is 11.4 Å². The fourth-order valence-corrected chi connectivity index (χ4v) is 4.31. The second-order valence-corrected chi connectivity index (χ2v) is 11.0. The van der Waals surface area contributed by atoms with Crippen molar-refractivity contribution >= 4 is 29.6 Å². The Bertz CT molecular complexity index is 712.